The Morgan fingerprint density at radius 3 is 2.70 bits per heavy atom. The van der Waals surface area contributed by atoms with E-state index in [1.807, 2.05) is 6.07 Å². The molecule has 1 rings (SSSR count). The van der Waals surface area contributed by atoms with E-state index in [0.717, 1.165) is 10.4 Å². The Balaban J connectivity index is 3.39. The largest absolute Gasteiger partial charge is 0.395 e. The number of rotatable bonds is 5. The van der Waals surface area contributed by atoms with E-state index in [0.29, 0.717) is 0 Å². The van der Waals surface area contributed by atoms with Gasteiger partial charge < -0.3 is 5.73 Å². The second-order valence-corrected chi connectivity index (χ2v) is 6.91. The number of halogens is 3. The van der Waals surface area contributed by atoms with E-state index in [9.17, 15) is 12.8 Å². The van der Waals surface area contributed by atoms with Gasteiger partial charge in [0.2, 0.25) is 10.0 Å². The number of nitrogen functional groups attached to an aromatic ring is 1. The second-order valence-electron chi connectivity index (χ2n) is 3.80. The van der Waals surface area contributed by atoms with Gasteiger partial charge in [-0.3, -0.25) is 0 Å². The van der Waals surface area contributed by atoms with Gasteiger partial charge in [-0.1, -0.05) is 18.5 Å². The molecule has 0 radical (unpaired) electrons. The first-order valence-corrected chi connectivity index (χ1v) is 8.18. The van der Waals surface area contributed by atoms with Crippen LogP contribution in [-0.4, -0.2) is 25.8 Å². The Morgan fingerprint density at radius 1 is 1.60 bits per heavy atom. The molecule has 0 aromatic heterocycles. The minimum Gasteiger partial charge on any atom is -0.395 e. The van der Waals surface area contributed by atoms with Crippen molar-refractivity contribution in [3.63, 3.8) is 0 Å². The first kappa shape index (κ1) is 17.2. The Kier molecular flexibility index (Phi) is 5.77. The normalized spacial score (nSPS) is 11.6. The molecule has 110 valence electrons. The average Bonchev–Trinajstić information content (AvgIpc) is 2.41. The van der Waals surface area contributed by atoms with Crippen molar-refractivity contribution in [2.24, 2.45) is 0 Å². The fourth-order valence-electron chi connectivity index (χ4n) is 1.55. The van der Waals surface area contributed by atoms with E-state index in [1.165, 1.54) is 0 Å². The summed E-state index contributed by atoms with van der Waals surface area (Å²) in [4.78, 5) is -0.594. The van der Waals surface area contributed by atoms with E-state index >= 15 is 0 Å². The Labute approximate surface area is 130 Å². The van der Waals surface area contributed by atoms with Crippen LogP contribution in [0.5, 0.6) is 0 Å². The molecule has 0 saturated heterocycles. The van der Waals surface area contributed by atoms with Gasteiger partial charge in [0, 0.05) is 19.5 Å². The third kappa shape index (κ3) is 3.23. The van der Waals surface area contributed by atoms with Crippen molar-refractivity contribution in [1.82, 2.24) is 4.31 Å². The van der Waals surface area contributed by atoms with Crippen molar-refractivity contribution in [1.29, 1.82) is 5.26 Å². The van der Waals surface area contributed by atoms with Crippen LogP contribution in [0.25, 0.3) is 0 Å². The fourth-order valence-corrected chi connectivity index (χ4v) is 3.67. The van der Waals surface area contributed by atoms with Crippen LogP contribution in [0.3, 0.4) is 0 Å². The predicted octanol–water partition coefficient (Wildman–Crippen LogP) is 2.75. The average molecular weight is 385 g/mol. The van der Waals surface area contributed by atoms with Gasteiger partial charge in [-0.15, -0.1) is 0 Å². The van der Waals surface area contributed by atoms with Gasteiger partial charge in [0.1, 0.15) is 4.90 Å². The monoisotopic (exact) mass is 383 g/mol. The third-order valence-corrected chi connectivity index (χ3v) is 5.95. The number of nitriles is 1. The molecule has 1 aromatic rings. The van der Waals surface area contributed by atoms with Gasteiger partial charge in [0.25, 0.3) is 0 Å². The third-order valence-electron chi connectivity index (χ3n) is 2.60. The van der Waals surface area contributed by atoms with Crippen molar-refractivity contribution in [2.45, 2.75) is 18.2 Å². The van der Waals surface area contributed by atoms with E-state index in [1.54, 1.807) is 6.92 Å². The lowest BCUT2D eigenvalue weighted by atomic mass is 10.3. The first-order valence-electron chi connectivity index (χ1n) is 5.57. The van der Waals surface area contributed by atoms with Crippen LogP contribution < -0.4 is 5.73 Å². The SMILES string of the molecule is CCN(CCC#N)S(=O)(=O)c1cc(Cl)c(Br)c(N)c1F. The fraction of sp³-hybridized carbons (Fsp3) is 0.364. The lowest BCUT2D eigenvalue weighted by Crippen LogP contribution is -2.32. The molecule has 0 spiro atoms. The van der Waals surface area contributed by atoms with Gasteiger partial charge >= 0.3 is 0 Å². The summed E-state index contributed by atoms with van der Waals surface area (Å²) in [6, 6.07) is 2.85. The molecule has 1 aromatic carbocycles. The first-order chi connectivity index (χ1) is 9.27. The second kappa shape index (κ2) is 6.72. The summed E-state index contributed by atoms with van der Waals surface area (Å²) in [6.45, 7) is 1.68. The molecule has 0 fully saturated rings. The maximum Gasteiger partial charge on any atom is 0.246 e. The predicted molar refractivity (Wildman–Crippen MR) is 78.2 cm³/mol. The highest BCUT2D eigenvalue weighted by molar-refractivity contribution is 9.10. The minimum atomic E-state index is -4.09. The van der Waals surface area contributed by atoms with Gasteiger partial charge in [-0.05, 0) is 22.0 Å². The maximum atomic E-state index is 14.1. The summed E-state index contributed by atoms with van der Waals surface area (Å²) in [6.07, 6.45) is 0.00836. The quantitative estimate of drug-likeness (QED) is 0.624. The van der Waals surface area contributed by atoms with Crippen LogP contribution in [0.2, 0.25) is 5.02 Å². The highest BCUT2D eigenvalue weighted by Gasteiger charge is 2.29. The summed E-state index contributed by atoms with van der Waals surface area (Å²) in [7, 11) is -4.09. The summed E-state index contributed by atoms with van der Waals surface area (Å²) >= 11 is 8.80. The summed E-state index contributed by atoms with van der Waals surface area (Å²) < 4.78 is 39.9. The number of hydrogen-bond donors (Lipinski definition) is 1. The molecule has 5 nitrogen and oxygen atoms in total. The maximum absolute atomic E-state index is 14.1. The lowest BCUT2D eigenvalue weighted by molar-refractivity contribution is 0.430. The Hall–Kier alpha value is -0.880. The lowest BCUT2D eigenvalue weighted by Gasteiger charge is -2.20. The van der Waals surface area contributed by atoms with Crippen molar-refractivity contribution in [3.8, 4) is 6.07 Å². The standard InChI is InChI=1S/C11H12BrClFN3O2S/c1-2-17(5-3-4-15)20(18,19)8-6-7(13)9(12)11(16)10(8)14/h6H,2-3,5,16H2,1H3. The highest BCUT2D eigenvalue weighted by Crippen LogP contribution is 2.35. The van der Waals surface area contributed by atoms with Gasteiger partial charge in [0.05, 0.1) is 21.3 Å². The molecule has 20 heavy (non-hydrogen) atoms. The molecule has 0 bridgehead atoms. The molecular weight excluding hydrogens is 373 g/mol. The van der Waals surface area contributed by atoms with E-state index < -0.39 is 20.7 Å². The topological polar surface area (TPSA) is 87.2 Å². The number of nitrogens with two attached hydrogens (primary N) is 1. The summed E-state index contributed by atoms with van der Waals surface area (Å²) in [5.74, 6) is -1.06. The summed E-state index contributed by atoms with van der Waals surface area (Å²) in [5.41, 5.74) is 5.11. The van der Waals surface area contributed by atoms with Crippen LogP contribution in [-0.2, 0) is 10.0 Å². The van der Waals surface area contributed by atoms with Crippen molar-refractivity contribution < 1.29 is 12.8 Å². The molecule has 0 unspecified atom stereocenters. The number of anilines is 1. The van der Waals surface area contributed by atoms with Crippen LogP contribution in [0.1, 0.15) is 13.3 Å². The summed E-state index contributed by atoms with van der Waals surface area (Å²) in [5, 5.41) is 8.53. The number of hydrogen-bond acceptors (Lipinski definition) is 4. The minimum absolute atomic E-state index is 0.00110. The molecule has 0 heterocycles. The number of sulfonamides is 1. The van der Waals surface area contributed by atoms with E-state index in [-0.39, 0.29) is 34.7 Å². The zero-order valence-corrected chi connectivity index (χ0v) is 13.7. The molecule has 9 heteroatoms. The van der Waals surface area contributed by atoms with Crippen LogP contribution >= 0.6 is 27.5 Å². The molecule has 2 N–H and O–H groups in total. The van der Waals surface area contributed by atoms with Gasteiger partial charge in [0.15, 0.2) is 5.82 Å². The molecule has 0 saturated carbocycles. The smallest absolute Gasteiger partial charge is 0.246 e. The molecule has 0 aliphatic rings. The van der Waals surface area contributed by atoms with Crippen molar-refractivity contribution >= 4 is 43.2 Å². The number of nitrogens with zero attached hydrogens (tertiary/aromatic N) is 2. The Bertz CT molecular complexity index is 661. The number of benzene rings is 1. The van der Waals surface area contributed by atoms with E-state index in [4.69, 9.17) is 22.6 Å². The van der Waals surface area contributed by atoms with Gasteiger partial charge in [-0.25, -0.2) is 12.8 Å². The molecule has 0 amide bonds. The van der Waals surface area contributed by atoms with Crippen LogP contribution in [0.15, 0.2) is 15.4 Å². The van der Waals surface area contributed by atoms with E-state index in [2.05, 4.69) is 15.9 Å². The van der Waals surface area contributed by atoms with Crippen molar-refractivity contribution in [2.75, 3.05) is 18.8 Å². The molecule has 0 aliphatic carbocycles. The van der Waals surface area contributed by atoms with Gasteiger partial charge in [-0.2, -0.15) is 9.57 Å². The van der Waals surface area contributed by atoms with Crippen LogP contribution in [0, 0.1) is 17.1 Å². The molecule has 0 aliphatic heterocycles. The zero-order valence-electron chi connectivity index (χ0n) is 10.5. The van der Waals surface area contributed by atoms with Crippen LogP contribution in [0.4, 0.5) is 10.1 Å². The molecule has 0 atom stereocenters. The van der Waals surface area contributed by atoms with Crippen molar-refractivity contribution in [3.05, 3.63) is 21.4 Å². The highest BCUT2D eigenvalue weighted by atomic mass is 79.9. The molecular formula is C11H12BrClFN3O2S. The zero-order chi connectivity index (χ0) is 15.5. The Morgan fingerprint density at radius 2 is 2.20 bits per heavy atom.